The molecule has 0 bridgehead atoms. The Hall–Kier alpha value is -3.08. The van der Waals surface area contributed by atoms with Gasteiger partial charge in [-0.2, -0.15) is 0 Å². The lowest BCUT2D eigenvalue weighted by atomic mass is 10.0. The second-order valence-electron chi connectivity index (χ2n) is 5.66. The third kappa shape index (κ3) is 3.81. The van der Waals surface area contributed by atoms with Crippen molar-refractivity contribution in [3.63, 3.8) is 0 Å². The topological polar surface area (TPSA) is 79.5 Å². The van der Waals surface area contributed by atoms with E-state index in [0.29, 0.717) is 12.3 Å². The Kier molecular flexibility index (Phi) is 4.61. The molecule has 0 aliphatic carbocycles. The van der Waals surface area contributed by atoms with Crippen LogP contribution in [0.15, 0.2) is 59.7 Å². The first-order chi connectivity index (χ1) is 11.6. The molecular formula is C19H20N4O. The standard InChI is InChI=1S/C19H20N4O/c1-2-13-6-8-16(9-7-13)22-19(24)23-17-5-3-4-14(10-17)15-11-18(20)21-12-15/h3-10,12H,2,11H2,1H3,(H2,20,21)(H2,22,23,24). The van der Waals surface area contributed by atoms with E-state index < -0.39 is 0 Å². The van der Waals surface area contributed by atoms with E-state index in [1.165, 1.54) is 5.56 Å². The van der Waals surface area contributed by atoms with E-state index in [0.717, 1.165) is 28.9 Å². The number of amides is 2. The van der Waals surface area contributed by atoms with Crippen LogP contribution in [0.1, 0.15) is 24.5 Å². The first-order valence-corrected chi connectivity index (χ1v) is 7.92. The maximum Gasteiger partial charge on any atom is 0.323 e. The summed E-state index contributed by atoms with van der Waals surface area (Å²) in [5.41, 5.74) is 10.5. The molecule has 0 radical (unpaired) electrons. The predicted molar refractivity (Wildman–Crippen MR) is 99.1 cm³/mol. The first kappa shape index (κ1) is 15.8. The lowest BCUT2D eigenvalue weighted by Gasteiger charge is -2.10. The Balaban J connectivity index is 1.64. The van der Waals surface area contributed by atoms with E-state index in [2.05, 4.69) is 22.5 Å². The van der Waals surface area contributed by atoms with Crippen LogP contribution >= 0.6 is 0 Å². The zero-order valence-corrected chi connectivity index (χ0v) is 13.5. The SMILES string of the molecule is CCc1ccc(NC(=O)Nc2cccc(C3=CN=C(N)C3)c2)cc1. The summed E-state index contributed by atoms with van der Waals surface area (Å²) in [5.74, 6) is 0.608. The summed E-state index contributed by atoms with van der Waals surface area (Å²) in [6.45, 7) is 2.10. The third-order valence-corrected chi connectivity index (χ3v) is 3.87. The molecule has 2 aromatic rings. The molecule has 5 nitrogen and oxygen atoms in total. The summed E-state index contributed by atoms with van der Waals surface area (Å²) in [5, 5.41) is 5.68. The molecule has 0 atom stereocenters. The van der Waals surface area contributed by atoms with Gasteiger partial charge in [0.25, 0.3) is 0 Å². The van der Waals surface area contributed by atoms with Gasteiger partial charge in [0, 0.05) is 24.0 Å². The Morgan fingerprint density at radius 1 is 1.12 bits per heavy atom. The fourth-order valence-corrected chi connectivity index (χ4v) is 2.54. The van der Waals surface area contributed by atoms with E-state index in [1.807, 2.05) is 48.5 Å². The maximum atomic E-state index is 12.1. The van der Waals surface area contributed by atoms with Crippen LogP contribution in [0, 0.1) is 0 Å². The molecule has 3 rings (SSSR count). The minimum absolute atomic E-state index is 0.271. The van der Waals surface area contributed by atoms with Crippen molar-refractivity contribution in [1.82, 2.24) is 0 Å². The molecule has 122 valence electrons. The summed E-state index contributed by atoms with van der Waals surface area (Å²) in [6.07, 6.45) is 3.38. The van der Waals surface area contributed by atoms with E-state index in [9.17, 15) is 4.79 Å². The molecule has 5 heteroatoms. The van der Waals surface area contributed by atoms with Crippen LogP contribution in [0.3, 0.4) is 0 Å². The molecule has 0 saturated carbocycles. The summed E-state index contributed by atoms with van der Waals surface area (Å²) in [6, 6.07) is 15.2. The van der Waals surface area contributed by atoms with Gasteiger partial charge in [0.2, 0.25) is 0 Å². The van der Waals surface area contributed by atoms with Gasteiger partial charge in [-0.15, -0.1) is 0 Å². The quantitative estimate of drug-likeness (QED) is 0.796. The third-order valence-electron chi connectivity index (χ3n) is 3.87. The number of benzene rings is 2. The van der Waals surface area contributed by atoms with Crippen molar-refractivity contribution in [2.75, 3.05) is 10.6 Å². The number of amidine groups is 1. The van der Waals surface area contributed by atoms with E-state index in [1.54, 1.807) is 6.20 Å². The predicted octanol–water partition coefficient (Wildman–Crippen LogP) is 3.99. The van der Waals surface area contributed by atoms with Gasteiger partial charge in [-0.1, -0.05) is 31.2 Å². The number of hydrogen-bond donors (Lipinski definition) is 3. The van der Waals surface area contributed by atoms with Crippen LogP contribution in [-0.4, -0.2) is 11.9 Å². The lowest BCUT2D eigenvalue weighted by Crippen LogP contribution is -2.19. The Morgan fingerprint density at radius 3 is 2.54 bits per heavy atom. The maximum absolute atomic E-state index is 12.1. The highest BCUT2D eigenvalue weighted by Crippen LogP contribution is 2.24. The number of nitrogens with one attached hydrogen (secondary N) is 2. The minimum Gasteiger partial charge on any atom is -0.387 e. The van der Waals surface area contributed by atoms with Crippen molar-refractivity contribution in [1.29, 1.82) is 0 Å². The number of rotatable bonds is 4. The number of anilines is 2. The number of hydrogen-bond acceptors (Lipinski definition) is 3. The zero-order chi connectivity index (χ0) is 16.9. The average Bonchev–Trinajstić information content (AvgIpc) is 3.02. The molecule has 2 amide bonds. The molecule has 1 heterocycles. The summed E-state index contributed by atoms with van der Waals surface area (Å²) in [7, 11) is 0. The van der Waals surface area contributed by atoms with Gasteiger partial charge in [-0.25, -0.2) is 9.79 Å². The van der Waals surface area contributed by atoms with Crippen molar-refractivity contribution in [2.24, 2.45) is 10.7 Å². The second-order valence-corrected chi connectivity index (χ2v) is 5.66. The molecule has 4 N–H and O–H groups in total. The van der Waals surface area contributed by atoms with Gasteiger partial charge in [0.1, 0.15) is 5.84 Å². The van der Waals surface area contributed by atoms with Gasteiger partial charge in [-0.05, 0) is 47.4 Å². The fourth-order valence-electron chi connectivity index (χ4n) is 2.54. The smallest absolute Gasteiger partial charge is 0.323 e. The first-order valence-electron chi connectivity index (χ1n) is 7.92. The number of carbonyl (C=O) groups is 1. The van der Waals surface area contributed by atoms with E-state index in [4.69, 9.17) is 5.73 Å². The molecule has 0 spiro atoms. The Morgan fingerprint density at radius 2 is 1.88 bits per heavy atom. The van der Waals surface area contributed by atoms with Crippen molar-refractivity contribution < 1.29 is 4.79 Å². The highest BCUT2D eigenvalue weighted by molar-refractivity contribution is 6.00. The number of nitrogens with two attached hydrogens (primary N) is 1. The normalized spacial score (nSPS) is 13.2. The van der Waals surface area contributed by atoms with Crippen molar-refractivity contribution in [2.45, 2.75) is 19.8 Å². The fraction of sp³-hybridized carbons (Fsp3) is 0.158. The average molecular weight is 320 g/mol. The Bertz CT molecular complexity index is 806. The second kappa shape index (κ2) is 7.00. The molecule has 0 saturated heterocycles. The van der Waals surface area contributed by atoms with Crippen LogP contribution in [-0.2, 0) is 6.42 Å². The van der Waals surface area contributed by atoms with Gasteiger partial charge in [-0.3, -0.25) is 0 Å². The zero-order valence-electron chi connectivity index (χ0n) is 13.5. The number of aliphatic imine (C=N–C) groups is 1. The van der Waals surface area contributed by atoms with E-state index >= 15 is 0 Å². The van der Waals surface area contributed by atoms with Crippen LogP contribution in [0.2, 0.25) is 0 Å². The van der Waals surface area contributed by atoms with E-state index in [-0.39, 0.29) is 6.03 Å². The van der Waals surface area contributed by atoms with Crippen LogP contribution in [0.5, 0.6) is 0 Å². The summed E-state index contributed by atoms with van der Waals surface area (Å²) >= 11 is 0. The molecule has 1 aliphatic heterocycles. The summed E-state index contributed by atoms with van der Waals surface area (Å²) < 4.78 is 0. The molecule has 2 aromatic carbocycles. The van der Waals surface area contributed by atoms with Gasteiger partial charge < -0.3 is 16.4 Å². The van der Waals surface area contributed by atoms with Crippen LogP contribution in [0.25, 0.3) is 5.57 Å². The number of aryl methyl sites for hydroxylation is 1. The monoisotopic (exact) mass is 320 g/mol. The highest BCUT2D eigenvalue weighted by atomic mass is 16.2. The Labute approximate surface area is 141 Å². The largest absolute Gasteiger partial charge is 0.387 e. The lowest BCUT2D eigenvalue weighted by molar-refractivity contribution is 0.262. The van der Waals surface area contributed by atoms with Crippen molar-refractivity contribution >= 4 is 28.8 Å². The highest BCUT2D eigenvalue weighted by Gasteiger charge is 2.10. The number of carbonyl (C=O) groups excluding carboxylic acids is 1. The molecule has 0 unspecified atom stereocenters. The van der Waals surface area contributed by atoms with Gasteiger partial charge in [0.15, 0.2) is 0 Å². The molecule has 1 aliphatic rings. The number of nitrogens with zero attached hydrogens (tertiary/aromatic N) is 1. The minimum atomic E-state index is -0.271. The van der Waals surface area contributed by atoms with Crippen LogP contribution in [0.4, 0.5) is 16.2 Å². The molecular weight excluding hydrogens is 300 g/mol. The molecule has 24 heavy (non-hydrogen) atoms. The van der Waals surface area contributed by atoms with Gasteiger partial charge >= 0.3 is 6.03 Å². The van der Waals surface area contributed by atoms with Crippen molar-refractivity contribution in [3.8, 4) is 0 Å². The summed E-state index contributed by atoms with van der Waals surface area (Å²) in [4.78, 5) is 16.2. The molecule has 0 aromatic heterocycles. The van der Waals surface area contributed by atoms with Crippen molar-refractivity contribution in [3.05, 3.63) is 65.9 Å². The molecule has 0 fully saturated rings. The van der Waals surface area contributed by atoms with Gasteiger partial charge in [0.05, 0.1) is 0 Å². The van der Waals surface area contributed by atoms with Crippen LogP contribution < -0.4 is 16.4 Å². The number of urea groups is 1.